The van der Waals surface area contributed by atoms with Crippen LogP contribution in [0, 0.1) is 5.92 Å². The van der Waals surface area contributed by atoms with Gasteiger partial charge in [-0.3, -0.25) is 4.90 Å². The second-order valence-electron chi connectivity index (χ2n) is 10.9. The highest BCUT2D eigenvalue weighted by Crippen LogP contribution is 2.46. The number of nitrogens with zero attached hydrogens (tertiary/aromatic N) is 1. The van der Waals surface area contributed by atoms with Crippen molar-refractivity contribution >= 4 is 41.9 Å². The summed E-state index contributed by atoms with van der Waals surface area (Å²) in [4.78, 5) is 14.9. The monoisotopic (exact) mass is 525 g/mol. The first-order valence-corrected chi connectivity index (χ1v) is 15.1. The van der Waals surface area contributed by atoms with Gasteiger partial charge in [-0.1, -0.05) is 97.7 Å². The molecule has 0 unspecified atom stereocenters. The predicted molar refractivity (Wildman–Crippen MR) is 147 cm³/mol. The summed E-state index contributed by atoms with van der Waals surface area (Å²) < 4.78 is 0. The number of likely N-dealkylation sites (tertiary alicyclic amines) is 1. The number of benzene rings is 3. The molecule has 2 aliphatic rings. The van der Waals surface area contributed by atoms with Crippen LogP contribution in [0.1, 0.15) is 43.9 Å². The summed E-state index contributed by atoms with van der Waals surface area (Å²) in [5, 5.41) is 14.2. The topological polar surface area (TPSA) is 43.7 Å². The quantitative estimate of drug-likeness (QED) is 0.435. The predicted octanol–water partition coefficient (Wildman–Crippen LogP) is 5.20. The summed E-state index contributed by atoms with van der Waals surface area (Å²) in [6.07, 6.45) is 2.16. The SMILES string of the molecule is CC(C)(C[C@@H]1CCN([C@H]2Cc3c(Cl)cc(Cl)cc3[C@@H]2O)C1)[Si](O)(c1ccccc1)c1ccccc1. The number of hydrogen-bond acceptors (Lipinski definition) is 3. The van der Waals surface area contributed by atoms with Crippen molar-refractivity contribution in [2.75, 3.05) is 13.1 Å². The number of aliphatic hydroxyl groups is 1. The average Bonchev–Trinajstić information content (AvgIpc) is 3.43. The lowest BCUT2D eigenvalue weighted by Gasteiger charge is -2.42. The molecule has 35 heavy (non-hydrogen) atoms. The molecule has 0 aromatic heterocycles. The molecule has 0 saturated carbocycles. The minimum Gasteiger partial charge on any atom is -0.424 e. The Hall–Kier alpha value is -1.66. The van der Waals surface area contributed by atoms with E-state index in [1.54, 1.807) is 6.07 Å². The van der Waals surface area contributed by atoms with Crippen LogP contribution in [0.25, 0.3) is 0 Å². The second kappa shape index (κ2) is 9.66. The molecule has 3 aromatic rings. The minimum absolute atomic E-state index is 0.0217. The number of rotatable bonds is 6. The molecule has 3 aromatic carbocycles. The van der Waals surface area contributed by atoms with Gasteiger partial charge in [-0.2, -0.15) is 0 Å². The molecule has 1 aliphatic heterocycles. The Morgan fingerprint density at radius 2 is 1.57 bits per heavy atom. The maximum atomic E-state index is 12.5. The molecule has 1 heterocycles. The molecular formula is C29H33Cl2NO2Si. The molecule has 0 spiro atoms. The largest absolute Gasteiger partial charge is 0.424 e. The summed E-state index contributed by atoms with van der Waals surface area (Å²) in [7, 11) is -3.03. The molecule has 1 fully saturated rings. The van der Waals surface area contributed by atoms with Crippen molar-refractivity contribution in [2.45, 2.75) is 50.3 Å². The fourth-order valence-corrected chi connectivity index (χ4v) is 10.9. The highest BCUT2D eigenvalue weighted by atomic mass is 35.5. The Morgan fingerprint density at radius 1 is 0.971 bits per heavy atom. The second-order valence-corrected chi connectivity index (χ2v) is 15.6. The highest BCUT2D eigenvalue weighted by Gasteiger charge is 2.51. The molecule has 3 nitrogen and oxygen atoms in total. The van der Waals surface area contributed by atoms with Gasteiger partial charge in [0.25, 0.3) is 8.32 Å². The Morgan fingerprint density at radius 3 is 2.17 bits per heavy atom. The van der Waals surface area contributed by atoms with E-state index >= 15 is 0 Å². The molecule has 184 valence electrons. The maximum Gasteiger partial charge on any atom is 0.258 e. The Bertz CT molecular complexity index is 1150. The van der Waals surface area contributed by atoms with E-state index in [-0.39, 0.29) is 11.1 Å². The molecule has 2 N–H and O–H groups in total. The van der Waals surface area contributed by atoms with Gasteiger partial charge in [0.2, 0.25) is 0 Å². The van der Waals surface area contributed by atoms with Gasteiger partial charge in [-0.05, 0) is 70.4 Å². The van der Waals surface area contributed by atoms with E-state index in [4.69, 9.17) is 23.2 Å². The third-order valence-electron chi connectivity index (χ3n) is 8.24. The van der Waals surface area contributed by atoms with E-state index in [0.29, 0.717) is 16.0 Å². The Kier molecular flexibility index (Phi) is 6.90. The van der Waals surface area contributed by atoms with Crippen LogP contribution in [-0.2, 0) is 6.42 Å². The number of fused-ring (bicyclic) bond motifs is 1. The normalized spacial score (nSPS) is 23.0. The minimum atomic E-state index is -3.03. The number of hydrogen-bond donors (Lipinski definition) is 2. The van der Waals surface area contributed by atoms with Crippen molar-refractivity contribution in [1.82, 2.24) is 4.90 Å². The van der Waals surface area contributed by atoms with E-state index in [1.165, 1.54) is 0 Å². The van der Waals surface area contributed by atoms with Gasteiger partial charge in [0.15, 0.2) is 0 Å². The van der Waals surface area contributed by atoms with Crippen molar-refractivity contribution < 1.29 is 9.90 Å². The first kappa shape index (κ1) is 25.0. The zero-order valence-corrected chi connectivity index (χ0v) is 22.8. The van der Waals surface area contributed by atoms with Crippen LogP contribution in [0.3, 0.4) is 0 Å². The summed E-state index contributed by atoms with van der Waals surface area (Å²) in [6, 6.07) is 24.1. The summed E-state index contributed by atoms with van der Waals surface area (Å²) in [5.41, 5.74) is 1.89. The lowest BCUT2D eigenvalue weighted by atomic mass is 9.95. The van der Waals surface area contributed by atoms with E-state index in [1.807, 2.05) is 42.5 Å². The van der Waals surface area contributed by atoms with Crippen molar-refractivity contribution in [3.05, 3.63) is 94.0 Å². The fraction of sp³-hybridized carbons (Fsp3) is 0.379. The van der Waals surface area contributed by atoms with Crippen LogP contribution < -0.4 is 10.4 Å². The molecule has 0 bridgehead atoms. The lowest BCUT2D eigenvalue weighted by molar-refractivity contribution is 0.0722. The van der Waals surface area contributed by atoms with Crippen LogP contribution in [0.2, 0.25) is 15.1 Å². The molecule has 3 atom stereocenters. The van der Waals surface area contributed by atoms with Gasteiger partial charge in [0.05, 0.1) is 6.10 Å². The van der Waals surface area contributed by atoms with Crippen LogP contribution >= 0.6 is 23.2 Å². The molecule has 1 saturated heterocycles. The molecule has 5 rings (SSSR count). The first-order valence-electron chi connectivity index (χ1n) is 12.4. The van der Waals surface area contributed by atoms with Gasteiger partial charge >= 0.3 is 0 Å². The molecule has 0 radical (unpaired) electrons. The molecule has 0 amide bonds. The third kappa shape index (κ3) is 4.50. The number of aliphatic hydroxyl groups excluding tert-OH is 1. The van der Waals surface area contributed by atoms with Gasteiger partial charge in [-0.25, -0.2) is 0 Å². The van der Waals surface area contributed by atoms with Gasteiger partial charge < -0.3 is 9.90 Å². The van der Waals surface area contributed by atoms with Gasteiger partial charge in [0, 0.05) is 22.6 Å². The van der Waals surface area contributed by atoms with Crippen molar-refractivity contribution in [2.24, 2.45) is 5.92 Å². The number of halogens is 2. The lowest BCUT2D eigenvalue weighted by Crippen LogP contribution is -2.65. The summed E-state index contributed by atoms with van der Waals surface area (Å²) >= 11 is 12.7. The van der Waals surface area contributed by atoms with Gasteiger partial charge in [-0.15, -0.1) is 0 Å². The zero-order valence-electron chi connectivity index (χ0n) is 20.3. The zero-order chi connectivity index (χ0) is 24.8. The molecular weight excluding hydrogens is 493 g/mol. The first-order chi connectivity index (χ1) is 16.7. The summed E-state index contributed by atoms with van der Waals surface area (Å²) in [6.45, 7) is 6.34. The average molecular weight is 527 g/mol. The van der Waals surface area contributed by atoms with Crippen molar-refractivity contribution in [3.8, 4) is 0 Å². The maximum absolute atomic E-state index is 12.5. The summed E-state index contributed by atoms with van der Waals surface area (Å²) in [5.74, 6) is 0.450. The third-order valence-corrected chi connectivity index (χ3v) is 13.3. The van der Waals surface area contributed by atoms with Crippen molar-refractivity contribution in [1.29, 1.82) is 0 Å². The standard InChI is InChI=1S/C29H33Cl2NO2Si/c1-29(2,35(34,22-9-5-3-6-10-22)23-11-7-4-8-12-23)18-20-13-14-32(19-20)27-17-24-25(28(27)33)15-21(30)16-26(24)31/h3-12,15-16,20,27-28,33-34H,13-14,17-19H2,1-2H3/t20-,27-,28-/m0/s1. The molecule has 6 heteroatoms. The smallest absolute Gasteiger partial charge is 0.258 e. The fourth-order valence-electron chi connectivity index (χ4n) is 6.47. The molecule has 1 aliphatic carbocycles. The van der Waals surface area contributed by atoms with Crippen LogP contribution in [0.15, 0.2) is 72.8 Å². The highest BCUT2D eigenvalue weighted by molar-refractivity contribution is 6.98. The van der Waals surface area contributed by atoms with E-state index in [9.17, 15) is 9.90 Å². The van der Waals surface area contributed by atoms with E-state index in [0.717, 1.165) is 53.9 Å². The van der Waals surface area contributed by atoms with E-state index < -0.39 is 14.4 Å². The Labute approximate surface area is 219 Å². The van der Waals surface area contributed by atoms with E-state index in [2.05, 4.69) is 43.0 Å². The van der Waals surface area contributed by atoms with Crippen LogP contribution in [0.5, 0.6) is 0 Å². The van der Waals surface area contributed by atoms with Crippen LogP contribution in [-0.4, -0.2) is 42.3 Å². The van der Waals surface area contributed by atoms with Crippen LogP contribution in [0.4, 0.5) is 0 Å². The van der Waals surface area contributed by atoms with Crippen molar-refractivity contribution in [3.63, 3.8) is 0 Å². The Balaban J connectivity index is 1.36. The van der Waals surface area contributed by atoms with Gasteiger partial charge in [0.1, 0.15) is 0 Å².